The molecule has 106 valence electrons. The van der Waals surface area contributed by atoms with E-state index in [1.807, 2.05) is 42.5 Å². The molecular formula is C15H16BrNO2S. The molecule has 2 aromatic rings. The minimum absolute atomic E-state index is 0.0806. The average Bonchev–Trinajstić information content (AvgIpc) is 2.47. The number of hydrogen-bond acceptors (Lipinski definition) is 2. The van der Waals surface area contributed by atoms with Crippen LogP contribution in [0.5, 0.6) is 0 Å². The maximum Gasteiger partial charge on any atom is 0.233 e. The maximum atomic E-state index is 12.0. The fraction of sp³-hybridized carbons (Fsp3) is 0.200. The first-order chi connectivity index (χ1) is 9.59. The van der Waals surface area contributed by atoms with Crippen LogP contribution in [0.4, 0.5) is 5.69 Å². The molecule has 3 nitrogen and oxygen atoms in total. The molecule has 0 aliphatic rings. The van der Waals surface area contributed by atoms with Crippen LogP contribution in [0, 0.1) is 0 Å². The van der Waals surface area contributed by atoms with Gasteiger partial charge in [0.2, 0.25) is 10.0 Å². The number of hydrogen-bond donors (Lipinski definition) is 1. The highest BCUT2D eigenvalue weighted by Gasteiger charge is 2.10. The number of anilines is 1. The van der Waals surface area contributed by atoms with Gasteiger partial charge in [-0.3, -0.25) is 4.72 Å². The standard InChI is InChI=1S/C15H16BrNO2S/c16-12-14-6-8-15(9-7-14)17-20(18,19)11-10-13-4-2-1-3-5-13/h1-9,17H,10-12H2. The number of halogens is 1. The molecule has 0 radical (unpaired) electrons. The zero-order chi connectivity index (χ0) is 14.4. The van der Waals surface area contributed by atoms with Gasteiger partial charge in [-0.15, -0.1) is 0 Å². The Balaban J connectivity index is 1.96. The fourth-order valence-corrected chi connectivity index (χ4v) is 3.26. The molecular weight excluding hydrogens is 338 g/mol. The summed E-state index contributed by atoms with van der Waals surface area (Å²) in [7, 11) is -3.31. The summed E-state index contributed by atoms with van der Waals surface area (Å²) in [4.78, 5) is 0. The van der Waals surface area contributed by atoms with Crippen LogP contribution in [0.15, 0.2) is 54.6 Å². The fourth-order valence-electron chi connectivity index (χ4n) is 1.79. The monoisotopic (exact) mass is 353 g/mol. The smallest absolute Gasteiger partial charge is 0.233 e. The highest BCUT2D eigenvalue weighted by molar-refractivity contribution is 9.08. The van der Waals surface area contributed by atoms with Crippen molar-refractivity contribution in [2.75, 3.05) is 10.5 Å². The molecule has 0 bridgehead atoms. The summed E-state index contributed by atoms with van der Waals surface area (Å²) in [6, 6.07) is 16.9. The van der Waals surface area contributed by atoms with E-state index in [0.29, 0.717) is 12.1 Å². The van der Waals surface area contributed by atoms with Crippen molar-refractivity contribution in [3.63, 3.8) is 0 Å². The predicted molar refractivity (Wildman–Crippen MR) is 86.6 cm³/mol. The van der Waals surface area contributed by atoms with Crippen molar-refractivity contribution in [1.29, 1.82) is 0 Å². The molecule has 0 amide bonds. The molecule has 0 unspecified atom stereocenters. The third kappa shape index (κ3) is 4.65. The van der Waals surface area contributed by atoms with Gasteiger partial charge in [-0.05, 0) is 29.7 Å². The Kier molecular flexibility index (Phi) is 5.20. The van der Waals surface area contributed by atoms with Crippen molar-refractivity contribution >= 4 is 31.6 Å². The zero-order valence-corrected chi connectivity index (χ0v) is 13.3. The van der Waals surface area contributed by atoms with Gasteiger partial charge in [-0.1, -0.05) is 58.4 Å². The Morgan fingerprint density at radius 1 is 0.900 bits per heavy atom. The van der Waals surface area contributed by atoms with E-state index >= 15 is 0 Å². The molecule has 0 heterocycles. The van der Waals surface area contributed by atoms with E-state index in [2.05, 4.69) is 20.7 Å². The number of alkyl halides is 1. The molecule has 0 spiro atoms. The Labute approximate surface area is 128 Å². The Bertz CT molecular complexity index is 639. The molecule has 0 saturated heterocycles. The molecule has 2 rings (SSSR count). The minimum Gasteiger partial charge on any atom is -0.284 e. The van der Waals surface area contributed by atoms with Gasteiger partial charge in [0, 0.05) is 11.0 Å². The van der Waals surface area contributed by atoms with Gasteiger partial charge >= 0.3 is 0 Å². The van der Waals surface area contributed by atoms with Gasteiger partial charge in [0.15, 0.2) is 0 Å². The summed E-state index contributed by atoms with van der Waals surface area (Å²) >= 11 is 3.36. The summed E-state index contributed by atoms with van der Waals surface area (Å²) in [5.74, 6) is 0.0806. The molecule has 0 saturated carbocycles. The van der Waals surface area contributed by atoms with Crippen LogP contribution < -0.4 is 4.72 Å². The average molecular weight is 354 g/mol. The van der Waals surface area contributed by atoms with Crippen LogP contribution in [-0.2, 0) is 21.8 Å². The van der Waals surface area contributed by atoms with Gasteiger partial charge in [-0.2, -0.15) is 0 Å². The van der Waals surface area contributed by atoms with Gasteiger partial charge in [-0.25, -0.2) is 8.42 Å². The molecule has 0 aromatic heterocycles. The van der Waals surface area contributed by atoms with Gasteiger partial charge < -0.3 is 0 Å². The Hall–Kier alpha value is -1.33. The third-order valence-electron chi connectivity index (χ3n) is 2.88. The van der Waals surface area contributed by atoms with Gasteiger partial charge in [0.1, 0.15) is 0 Å². The summed E-state index contributed by atoms with van der Waals surface area (Å²) in [5, 5.41) is 0.758. The summed E-state index contributed by atoms with van der Waals surface area (Å²) in [6.45, 7) is 0. The Morgan fingerprint density at radius 2 is 1.55 bits per heavy atom. The van der Waals surface area contributed by atoms with Crippen molar-refractivity contribution in [2.45, 2.75) is 11.8 Å². The molecule has 20 heavy (non-hydrogen) atoms. The highest BCUT2D eigenvalue weighted by Crippen LogP contribution is 2.14. The van der Waals surface area contributed by atoms with E-state index in [1.165, 1.54) is 0 Å². The molecule has 0 atom stereocenters. The van der Waals surface area contributed by atoms with E-state index in [9.17, 15) is 8.42 Å². The predicted octanol–water partition coefficient (Wildman–Crippen LogP) is 3.57. The lowest BCUT2D eigenvalue weighted by Gasteiger charge is -2.08. The van der Waals surface area contributed by atoms with E-state index in [1.54, 1.807) is 12.1 Å². The van der Waals surface area contributed by atoms with Crippen molar-refractivity contribution in [2.24, 2.45) is 0 Å². The largest absolute Gasteiger partial charge is 0.284 e. The lowest BCUT2D eigenvalue weighted by Crippen LogP contribution is -2.18. The first-order valence-electron chi connectivity index (χ1n) is 6.28. The van der Waals surface area contributed by atoms with E-state index < -0.39 is 10.0 Å². The minimum atomic E-state index is -3.31. The summed E-state index contributed by atoms with van der Waals surface area (Å²) < 4.78 is 26.6. The highest BCUT2D eigenvalue weighted by atomic mass is 79.9. The van der Waals surface area contributed by atoms with Crippen molar-refractivity contribution < 1.29 is 8.42 Å². The lowest BCUT2D eigenvalue weighted by atomic mass is 10.2. The molecule has 1 N–H and O–H groups in total. The van der Waals surface area contributed by atoms with Crippen molar-refractivity contribution in [1.82, 2.24) is 0 Å². The normalized spacial score (nSPS) is 11.2. The topological polar surface area (TPSA) is 46.2 Å². The molecule has 0 fully saturated rings. The first-order valence-corrected chi connectivity index (χ1v) is 9.06. The number of rotatable bonds is 6. The SMILES string of the molecule is O=S(=O)(CCc1ccccc1)Nc1ccc(CBr)cc1. The summed E-state index contributed by atoms with van der Waals surface area (Å²) in [5.41, 5.74) is 2.73. The first kappa shape index (κ1) is 15.1. The van der Waals surface area contributed by atoms with E-state index in [0.717, 1.165) is 16.5 Å². The van der Waals surface area contributed by atoms with Gasteiger partial charge in [0.25, 0.3) is 0 Å². The van der Waals surface area contributed by atoms with Crippen LogP contribution in [-0.4, -0.2) is 14.2 Å². The van der Waals surface area contributed by atoms with Crippen molar-refractivity contribution in [3.05, 3.63) is 65.7 Å². The quantitative estimate of drug-likeness (QED) is 0.807. The summed E-state index contributed by atoms with van der Waals surface area (Å²) in [6.07, 6.45) is 0.510. The van der Waals surface area contributed by atoms with Crippen molar-refractivity contribution in [3.8, 4) is 0 Å². The van der Waals surface area contributed by atoms with Crippen LogP contribution >= 0.6 is 15.9 Å². The van der Waals surface area contributed by atoms with Crippen LogP contribution in [0.2, 0.25) is 0 Å². The van der Waals surface area contributed by atoms with E-state index in [4.69, 9.17) is 0 Å². The molecule has 2 aromatic carbocycles. The third-order valence-corrected chi connectivity index (χ3v) is 4.82. The lowest BCUT2D eigenvalue weighted by molar-refractivity contribution is 0.600. The number of benzene rings is 2. The second-order valence-corrected chi connectivity index (χ2v) is 6.89. The van der Waals surface area contributed by atoms with Crippen LogP contribution in [0.25, 0.3) is 0 Å². The number of aryl methyl sites for hydroxylation is 1. The van der Waals surface area contributed by atoms with Crippen LogP contribution in [0.3, 0.4) is 0 Å². The van der Waals surface area contributed by atoms with Gasteiger partial charge in [0.05, 0.1) is 5.75 Å². The second kappa shape index (κ2) is 6.90. The molecule has 5 heteroatoms. The molecule has 0 aliphatic heterocycles. The number of nitrogens with one attached hydrogen (secondary N) is 1. The zero-order valence-electron chi connectivity index (χ0n) is 10.9. The Morgan fingerprint density at radius 3 is 2.15 bits per heavy atom. The second-order valence-electron chi connectivity index (χ2n) is 4.49. The maximum absolute atomic E-state index is 12.0. The van der Waals surface area contributed by atoms with Crippen LogP contribution in [0.1, 0.15) is 11.1 Å². The van der Waals surface area contributed by atoms with E-state index in [-0.39, 0.29) is 5.75 Å². The molecule has 0 aliphatic carbocycles. The number of sulfonamides is 1.